The fourth-order valence-electron chi connectivity index (χ4n) is 2.04. The average Bonchev–Trinajstić information content (AvgIpc) is 2.57. The SMILES string of the molecule is CC(C)(C)OC(=O)N1CCc2nnc(CN)n2CC1. The van der Waals surface area contributed by atoms with E-state index < -0.39 is 5.60 Å². The monoisotopic (exact) mass is 267 g/mol. The van der Waals surface area contributed by atoms with Crippen molar-refractivity contribution in [3.63, 3.8) is 0 Å². The summed E-state index contributed by atoms with van der Waals surface area (Å²) in [5, 5.41) is 8.15. The molecule has 0 bridgehead atoms. The summed E-state index contributed by atoms with van der Waals surface area (Å²) in [5.41, 5.74) is 5.15. The molecular formula is C12H21N5O2. The number of aromatic nitrogens is 3. The largest absolute Gasteiger partial charge is 0.444 e. The zero-order chi connectivity index (χ0) is 14.0. The summed E-state index contributed by atoms with van der Waals surface area (Å²) in [6.45, 7) is 7.80. The lowest BCUT2D eigenvalue weighted by Gasteiger charge is -2.26. The van der Waals surface area contributed by atoms with Crippen LogP contribution in [0.1, 0.15) is 32.4 Å². The summed E-state index contributed by atoms with van der Waals surface area (Å²) in [5.74, 6) is 1.65. The van der Waals surface area contributed by atoms with Crippen LogP contribution >= 0.6 is 0 Å². The fourth-order valence-corrected chi connectivity index (χ4v) is 2.04. The van der Waals surface area contributed by atoms with E-state index in [1.165, 1.54) is 0 Å². The maximum atomic E-state index is 12.0. The Kier molecular flexibility index (Phi) is 3.75. The van der Waals surface area contributed by atoms with E-state index in [-0.39, 0.29) is 6.09 Å². The van der Waals surface area contributed by atoms with Crippen LogP contribution in [0.2, 0.25) is 0 Å². The van der Waals surface area contributed by atoms with Crippen molar-refractivity contribution in [2.45, 2.75) is 45.9 Å². The van der Waals surface area contributed by atoms with Gasteiger partial charge in [-0.15, -0.1) is 10.2 Å². The zero-order valence-corrected chi connectivity index (χ0v) is 11.7. The van der Waals surface area contributed by atoms with Gasteiger partial charge in [0.1, 0.15) is 17.2 Å². The third-order valence-corrected chi connectivity index (χ3v) is 2.94. The lowest BCUT2D eigenvalue weighted by atomic mass is 10.2. The highest BCUT2D eigenvalue weighted by Gasteiger charge is 2.25. The summed E-state index contributed by atoms with van der Waals surface area (Å²) in [6.07, 6.45) is 0.396. The molecule has 0 radical (unpaired) electrons. The number of carbonyl (C=O) groups excluding carboxylic acids is 1. The van der Waals surface area contributed by atoms with E-state index in [4.69, 9.17) is 10.5 Å². The lowest BCUT2D eigenvalue weighted by Crippen LogP contribution is -2.38. The molecule has 0 unspecified atom stereocenters. The third-order valence-electron chi connectivity index (χ3n) is 2.94. The van der Waals surface area contributed by atoms with Crippen LogP contribution in [0.3, 0.4) is 0 Å². The Balaban J connectivity index is 2.03. The molecule has 7 nitrogen and oxygen atoms in total. The summed E-state index contributed by atoms with van der Waals surface area (Å²) in [7, 11) is 0. The normalized spacial score (nSPS) is 15.9. The van der Waals surface area contributed by atoms with Gasteiger partial charge in [-0.2, -0.15) is 0 Å². The van der Waals surface area contributed by atoms with Crippen molar-refractivity contribution in [2.75, 3.05) is 13.1 Å². The average molecular weight is 267 g/mol. The van der Waals surface area contributed by atoms with Gasteiger partial charge in [0.25, 0.3) is 0 Å². The maximum absolute atomic E-state index is 12.0. The molecule has 0 fully saturated rings. The number of amides is 1. The molecule has 1 aromatic rings. The summed E-state index contributed by atoms with van der Waals surface area (Å²) >= 11 is 0. The number of nitrogens with two attached hydrogens (primary N) is 1. The molecule has 0 aliphatic carbocycles. The minimum Gasteiger partial charge on any atom is -0.444 e. The third kappa shape index (κ3) is 3.23. The van der Waals surface area contributed by atoms with E-state index in [0.29, 0.717) is 32.6 Å². The van der Waals surface area contributed by atoms with Crippen LogP contribution in [0.5, 0.6) is 0 Å². The molecule has 1 aromatic heterocycles. The van der Waals surface area contributed by atoms with Gasteiger partial charge in [0, 0.05) is 26.1 Å². The molecule has 2 N–H and O–H groups in total. The topological polar surface area (TPSA) is 86.3 Å². The first-order valence-electron chi connectivity index (χ1n) is 6.49. The van der Waals surface area contributed by atoms with Gasteiger partial charge in [0.05, 0.1) is 6.54 Å². The summed E-state index contributed by atoms with van der Waals surface area (Å²) < 4.78 is 7.37. The van der Waals surface area contributed by atoms with Crippen LogP contribution in [0, 0.1) is 0 Å². The van der Waals surface area contributed by atoms with Gasteiger partial charge in [-0.05, 0) is 20.8 Å². The second-order valence-electron chi connectivity index (χ2n) is 5.61. The summed E-state index contributed by atoms with van der Waals surface area (Å²) in [4.78, 5) is 13.7. The minimum atomic E-state index is -0.471. The van der Waals surface area contributed by atoms with Gasteiger partial charge in [-0.3, -0.25) is 0 Å². The fraction of sp³-hybridized carbons (Fsp3) is 0.750. The highest BCUT2D eigenvalue weighted by molar-refractivity contribution is 5.68. The highest BCUT2D eigenvalue weighted by Crippen LogP contribution is 2.13. The van der Waals surface area contributed by atoms with Gasteiger partial charge in [-0.25, -0.2) is 4.79 Å². The predicted octanol–water partition coefficient (Wildman–Crippen LogP) is 0.530. The molecule has 106 valence electrons. The molecule has 2 heterocycles. The second kappa shape index (κ2) is 5.16. The molecule has 1 amide bonds. The first kappa shape index (κ1) is 13.8. The molecule has 1 aliphatic heterocycles. The Morgan fingerprint density at radius 2 is 2.05 bits per heavy atom. The lowest BCUT2D eigenvalue weighted by molar-refractivity contribution is 0.0253. The number of rotatable bonds is 1. The molecule has 7 heteroatoms. The van der Waals surface area contributed by atoms with Gasteiger partial charge in [-0.1, -0.05) is 0 Å². The van der Waals surface area contributed by atoms with Crippen molar-refractivity contribution in [3.05, 3.63) is 11.6 Å². The van der Waals surface area contributed by atoms with Crippen molar-refractivity contribution < 1.29 is 9.53 Å². The van der Waals surface area contributed by atoms with Gasteiger partial charge < -0.3 is 19.9 Å². The van der Waals surface area contributed by atoms with Crippen molar-refractivity contribution in [2.24, 2.45) is 5.73 Å². The number of carbonyl (C=O) groups is 1. The molecule has 19 heavy (non-hydrogen) atoms. The first-order valence-corrected chi connectivity index (χ1v) is 6.49. The Morgan fingerprint density at radius 1 is 1.32 bits per heavy atom. The number of hydrogen-bond acceptors (Lipinski definition) is 5. The Bertz CT molecular complexity index is 463. The van der Waals surface area contributed by atoms with Gasteiger partial charge in [0.15, 0.2) is 0 Å². The van der Waals surface area contributed by atoms with Crippen molar-refractivity contribution >= 4 is 6.09 Å². The predicted molar refractivity (Wildman–Crippen MR) is 69.4 cm³/mol. The molecule has 2 rings (SSSR count). The standard InChI is InChI=1S/C12H21N5O2/c1-12(2,3)19-11(18)16-5-4-9-14-15-10(8-13)17(9)7-6-16/h4-8,13H2,1-3H3. The molecular weight excluding hydrogens is 246 g/mol. The van der Waals surface area contributed by atoms with E-state index >= 15 is 0 Å². The second-order valence-corrected chi connectivity index (χ2v) is 5.61. The van der Waals surface area contributed by atoms with Crippen LogP contribution in [0.4, 0.5) is 4.79 Å². The van der Waals surface area contributed by atoms with E-state index in [2.05, 4.69) is 10.2 Å². The molecule has 0 aromatic carbocycles. The molecule has 0 spiro atoms. The molecule has 1 aliphatic rings. The molecule has 0 atom stereocenters. The van der Waals surface area contributed by atoms with E-state index in [1.54, 1.807) is 4.90 Å². The van der Waals surface area contributed by atoms with E-state index in [9.17, 15) is 4.79 Å². The van der Waals surface area contributed by atoms with Crippen molar-refractivity contribution in [3.8, 4) is 0 Å². The smallest absolute Gasteiger partial charge is 0.410 e. The maximum Gasteiger partial charge on any atom is 0.410 e. The quantitative estimate of drug-likeness (QED) is 0.802. The van der Waals surface area contributed by atoms with Gasteiger partial charge in [0.2, 0.25) is 0 Å². The van der Waals surface area contributed by atoms with E-state index in [1.807, 2.05) is 25.3 Å². The van der Waals surface area contributed by atoms with Crippen LogP contribution in [0.25, 0.3) is 0 Å². The van der Waals surface area contributed by atoms with Gasteiger partial charge >= 0.3 is 6.09 Å². The Hall–Kier alpha value is -1.63. The number of hydrogen-bond donors (Lipinski definition) is 1. The zero-order valence-electron chi connectivity index (χ0n) is 11.7. The number of fused-ring (bicyclic) bond motifs is 1. The molecule has 0 saturated carbocycles. The Morgan fingerprint density at radius 3 is 2.68 bits per heavy atom. The van der Waals surface area contributed by atoms with Crippen molar-refractivity contribution in [1.29, 1.82) is 0 Å². The van der Waals surface area contributed by atoms with Crippen LogP contribution < -0.4 is 5.73 Å². The van der Waals surface area contributed by atoms with Crippen LogP contribution in [-0.4, -0.2) is 44.4 Å². The highest BCUT2D eigenvalue weighted by atomic mass is 16.6. The summed E-state index contributed by atoms with van der Waals surface area (Å²) in [6, 6.07) is 0. The van der Waals surface area contributed by atoms with Crippen LogP contribution in [0.15, 0.2) is 0 Å². The van der Waals surface area contributed by atoms with Crippen LogP contribution in [-0.2, 0) is 24.2 Å². The van der Waals surface area contributed by atoms with E-state index in [0.717, 1.165) is 11.6 Å². The number of ether oxygens (including phenoxy) is 1. The first-order chi connectivity index (χ1) is 8.90. The molecule has 0 saturated heterocycles. The minimum absolute atomic E-state index is 0.277. The number of nitrogens with zero attached hydrogens (tertiary/aromatic N) is 4. The van der Waals surface area contributed by atoms with Crippen molar-refractivity contribution in [1.82, 2.24) is 19.7 Å². The Labute approximate surface area is 112 Å².